The number of nitrogens with one attached hydrogen (secondary N) is 1. The molecule has 0 aromatic heterocycles. The summed E-state index contributed by atoms with van der Waals surface area (Å²) in [5, 5.41) is 5.00. The van der Waals surface area contributed by atoms with E-state index in [9.17, 15) is 0 Å². The standard InChI is InChI=1S/C14H17Cl2N/c1-2-10(9-17-13-4-5-13)7-11-8-12(15)3-6-14(11)16/h3,6-8,13,17H,2,4-5,9H2,1H3/b10-7-. The smallest absolute Gasteiger partial charge is 0.0479 e. The van der Waals surface area contributed by atoms with Crippen molar-refractivity contribution in [1.29, 1.82) is 0 Å². The molecule has 0 bridgehead atoms. The number of halogens is 2. The summed E-state index contributed by atoms with van der Waals surface area (Å²) in [6, 6.07) is 6.31. The second-order valence-electron chi connectivity index (χ2n) is 4.48. The molecule has 1 fully saturated rings. The van der Waals surface area contributed by atoms with Gasteiger partial charge in [-0.05, 0) is 43.0 Å². The lowest BCUT2D eigenvalue weighted by molar-refractivity contribution is 0.723. The van der Waals surface area contributed by atoms with Crippen molar-refractivity contribution >= 4 is 29.3 Å². The van der Waals surface area contributed by atoms with Crippen LogP contribution in [0.1, 0.15) is 31.7 Å². The molecule has 1 N–H and O–H groups in total. The number of hydrogen-bond acceptors (Lipinski definition) is 1. The second-order valence-corrected chi connectivity index (χ2v) is 5.32. The Kier molecular flexibility index (Phi) is 4.49. The van der Waals surface area contributed by atoms with Gasteiger partial charge in [-0.3, -0.25) is 0 Å². The molecular formula is C14H17Cl2N. The van der Waals surface area contributed by atoms with Crippen LogP contribution < -0.4 is 5.32 Å². The number of benzene rings is 1. The molecule has 1 aliphatic carbocycles. The van der Waals surface area contributed by atoms with Crippen molar-refractivity contribution in [3.8, 4) is 0 Å². The van der Waals surface area contributed by atoms with Crippen molar-refractivity contribution in [2.24, 2.45) is 0 Å². The van der Waals surface area contributed by atoms with Crippen molar-refractivity contribution in [3.63, 3.8) is 0 Å². The Hall–Kier alpha value is -0.500. The monoisotopic (exact) mass is 269 g/mol. The van der Waals surface area contributed by atoms with Gasteiger partial charge >= 0.3 is 0 Å². The van der Waals surface area contributed by atoms with Gasteiger partial charge in [-0.1, -0.05) is 41.8 Å². The van der Waals surface area contributed by atoms with Gasteiger partial charge in [-0.2, -0.15) is 0 Å². The Labute approximate surface area is 113 Å². The van der Waals surface area contributed by atoms with E-state index in [-0.39, 0.29) is 0 Å². The topological polar surface area (TPSA) is 12.0 Å². The van der Waals surface area contributed by atoms with Crippen molar-refractivity contribution in [1.82, 2.24) is 5.32 Å². The van der Waals surface area contributed by atoms with Gasteiger partial charge in [0.25, 0.3) is 0 Å². The summed E-state index contributed by atoms with van der Waals surface area (Å²) in [6.45, 7) is 3.11. The van der Waals surface area contributed by atoms with Crippen LogP contribution in [0.3, 0.4) is 0 Å². The maximum absolute atomic E-state index is 6.15. The Morgan fingerprint density at radius 2 is 2.18 bits per heavy atom. The largest absolute Gasteiger partial charge is 0.310 e. The molecule has 0 saturated heterocycles. The molecule has 0 radical (unpaired) electrons. The third kappa shape index (κ3) is 4.02. The van der Waals surface area contributed by atoms with Crippen molar-refractivity contribution in [2.45, 2.75) is 32.2 Å². The summed E-state index contributed by atoms with van der Waals surface area (Å²) in [7, 11) is 0. The van der Waals surface area contributed by atoms with Gasteiger partial charge in [0.1, 0.15) is 0 Å². The van der Waals surface area contributed by atoms with E-state index in [0.717, 1.165) is 34.6 Å². The first-order valence-corrected chi connectivity index (χ1v) is 6.82. The third-order valence-corrected chi connectivity index (χ3v) is 3.55. The SMILES string of the molecule is CC/C(=C/c1cc(Cl)ccc1Cl)CNC1CC1. The summed E-state index contributed by atoms with van der Waals surface area (Å²) < 4.78 is 0. The Bertz CT molecular complexity index is 422. The van der Waals surface area contributed by atoms with Crippen molar-refractivity contribution < 1.29 is 0 Å². The van der Waals surface area contributed by atoms with E-state index >= 15 is 0 Å². The van der Waals surface area contributed by atoms with Crippen LogP contribution in [0.2, 0.25) is 10.0 Å². The molecule has 17 heavy (non-hydrogen) atoms. The van der Waals surface area contributed by atoms with Gasteiger partial charge in [0.05, 0.1) is 0 Å². The molecule has 0 unspecified atom stereocenters. The normalized spacial score (nSPS) is 16.3. The van der Waals surface area contributed by atoms with E-state index in [2.05, 4.69) is 18.3 Å². The van der Waals surface area contributed by atoms with E-state index in [0.29, 0.717) is 0 Å². The van der Waals surface area contributed by atoms with Crippen molar-refractivity contribution in [2.75, 3.05) is 6.54 Å². The highest BCUT2D eigenvalue weighted by molar-refractivity contribution is 6.34. The maximum Gasteiger partial charge on any atom is 0.0479 e. The van der Waals surface area contributed by atoms with Crippen LogP contribution in [0.25, 0.3) is 6.08 Å². The fraction of sp³-hybridized carbons (Fsp3) is 0.429. The average molecular weight is 270 g/mol. The zero-order valence-corrected chi connectivity index (χ0v) is 11.5. The summed E-state index contributed by atoms with van der Waals surface area (Å²) in [6.07, 6.45) is 5.80. The molecule has 1 aromatic rings. The first-order chi connectivity index (χ1) is 8.19. The molecule has 1 saturated carbocycles. The van der Waals surface area contributed by atoms with Gasteiger partial charge in [-0.15, -0.1) is 0 Å². The molecule has 2 rings (SSSR count). The predicted molar refractivity (Wildman–Crippen MR) is 75.8 cm³/mol. The number of hydrogen-bond donors (Lipinski definition) is 1. The fourth-order valence-corrected chi connectivity index (χ4v) is 2.04. The fourth-order valence-electron chi connectivity index (χ4n) is 1.69. The van der Waals surface area contributed by atoms with E-state index < -0.39 is 0 Å². The zero-order valence-electron chi connectivity index (χ0n) is 9.97. The summed E-state index contributed by atoms with van der Waals surface area (Å²) in [5.74, 6) is 0. The lowest BCUT2D eigenvalue weighted by Crippen LogP contribution is -2.18. The minimum atomic E-state index is 0.728. The minimum absolute atomic E-state index is 0.728. The lowest BCUT2D eigenvalue weighted by atomic mass is 10.1. The van der Waals surface area contributed by atoms with Crippen LogP contribution in [-0.2, 0) is 0 Å². The Morgan fingerprint density at radius 1 is 1.41 bits per heavy atom. The quantitative estimate of drug-likeness (QED) is 0.828. The second kappa shape index (κ2) is 5.90. The summed E-state index contributed by atoms with van der Waals surface area (Å²) in [4.78, 5) is 0. The van der Waals surface area contributed by atoms with Crippen LogP contribution in [0.5, 0.6) is 0 Å². The third-order valence-electron chi connectivity index (χ3n) is 2.97. The molecule has 0 heterocycles. The van der Waals surface area contributed by atoms with E-state index in [1.54, 1.807) is 0 Å². The zero-order chi connectivity index (χ0) is 12.3. The molecule has 92 valence electrons. The highest BCUT2D eigenvalue weighted by atomic mass is 35.5. The summed E-state index contributed by atoms with van der Waals surface area (Å²) in [5.41, 5.74) is 2.37. The van der Waals surface area contributed by atoms with Gasteiger partial charge in [0.2, 0.25) is 0 Å². The molecule has 0 aliphatic heterocycles. The van der Waals surface area contributed by atoms with E-state index in [1.807, 2.05) is 18.2 Å². The highest BCUT2D eigenvalue weighted by Gasteiger charge is 2.20. The van der Waals surface area contributed by atoms with Gasteiger partial charge in [0.15, 0.2) is 0 Å². The molecule has 0 spiro atoms. The lowest BCUT2D eigenvalue weighted by Gasteiger charge is -2.07. The van der Waals surface area contributed by atoms with E-state index in [1.165, 1.54) is 18.4 Å². The average Bonchev–Trinajstić information content (AvgIpc) is 3.12. The summed E-state index contributed by atoms with van der Waals surface area (Å²) >= 11 is 12.1. The Morgan fingerprint density at radius 3 is 2.82 bits per heavy atom. The molecule has 3 heteroatoms. The molecule has 1 aromatic carbocycles. The van der Waals surface area contributed by atoms with Crippen LogP contribution in [0.15, 0.2) is 23.8 Å². The molecule has 1 nitrogen and oxygen atoms in total. The number of rotatable bonds is 5. The van der Waals surface area contributed by atoms with Crippen LogP contribution in [0.4, 0.5) is 0 Å². The van der Waals surface area contributed by atoms with Crippen molar-refractivity contribution in [3.05, 3.63) is 39.4 Å². The van der Waals surface area contributed by atoms with Gasteiger partial charge in [0, 0.05) is 22.6 Å². The molecule has 0 atom stereocenters. The molecular weight excluding hydrogens is 253 g/mol. The minimum Gasteiger partial charge on any atom is -0.310 e. The molecule has 1 aliphatic rings. The first-order valence-electron chi connectivity index (χ1n) is 6.07. The van der Waals surface area contributed by atoms with Gasteiger partial charge < -0.3 is 5.32 Å². The van der Waals surface area contributed by atoms with Gasteiger partial charge in [-0.25, -0.2) is 0 Å². The van der Waals surface area contributed by atoms with E-state index in [4.69, 9.17) is 23.2 Å². The molecule has 0 amide bonds. The predicted octanol–water partition coefficient (Wildman–Crippen LogP) is 4.54. The Balaban J connectivity index is 2.09. The van der Waals surface area contributed by atoms with Crippen LogP contribution in [0, 0.1) is 0 Å². The first kappa shape index (κ1) is 12.9. The highest BCUT2D eigenvalue weighted by Crippen LogP contribution is 2.24. The maximum atomic E-state index is 6.15. The van der Waals surface area contributed by atoms with Crippen LogP contribution >= 0.6 is 23.2 Å². The van der Waals surface area contributed by atoms with Crippen LogP contribution in [-0.4, -0.2) is 12.6 Å².